The Hall–Kier alpha value is -3.41. The van der Waals surface area contributed by atoms with Gasteiger partial charge in [0.25, 0.3) is 5.91 Å². The summed E-state index contributed by atoms with van der Waals surface area (Å²) in [5.74, 6) is -0.880. The summed E-state index contributed by atoms with van der Waals surface area (Å²) in [7, 11) is 0. The quantitative estimate of drug-likeness (QED) is 0.687. The number of nitrogens with zero attached hydrogens (tertiary/aromatic N) is 3. The first-order chi connectivity index (χ1) is 15.6. The van der Waals surface area contributed by atoms with Crippen molar-refractivity contribution >= 4 is 5.91 Å². The molecule has 6 nitrogen and oxygen atoms in total. The molecular formula is C26H27N3O3. The molecule has 1 unspecified atom stereocenters. The van der Waals surface area contributed by atoms with E-state index < -0.39 is 11.2 Å². The van der Waals surface area contributed by atoms with Crippen molar-refractivity contribution in [3.8, 4) is 5.75 Å². The Morgan fingerprint density at radius 1 is 1.00 bits per heavy atom. The van der Waals surface area contributed by atoms with Crippen LogP contribution in [0.25, 0.3) is 0 Å². The number of rotatable bonds is 4. The lowest BCUT2D eigenvalue weighted by Crippen LogP contribution is -2.47. The predicted octanol–water partition coefficient (Wildman–Crippen LogP) is 3.68. The van der Waals surface area contributed by atoms with Crippen LogP contribution < -0.4 is 5.43 Å². The van der Waals surface area contributed by atoms with Gasteiger partial charge in [0.2, 0.25) is 5.43 Å². The average molecular weight is 430 g/mol. The molecule has 0 radical (unpaired) electrons. The van der Waals surface area contributed by atoms with Crippen LogP contribution in [0, 0.1) is 0 Å². The maximum absolute atomic E-state index is 13.2. The lowest BCUT2D eigenvalue weighted by molar-refractivity contribution is 0.0631. The van der Waals surface area contributed by atoms with Crippen LogP contribution in [0.5, 0.6) is 5.75 Å². The SMILES string of the molecule is CCCCN1CC(C2c3ccccc3CCc3ccccc32)n2ncc(=O)c(O)c2C1=O. The van der Waals surface area contributed by atoms with Gasteiger partial charge in [0.15, 0.2) is 11.4 Å². The van der Waals surface area contributed by atoms with Gasteiger partial charge in [-0.2, -0.15) is 5.10 Å². The van der Waals surface area contributed by atoms with Crippen molar-refractivity contribution in [2.45, 2.75) is 44.6 Å². The van der Waals surface area contributed by atoms with E-state index in [4.69, 9.17) is 0 Å². The number of aromatic nitrogens is 2. The zero-order valence-corrected chi connectivity index (χ0v) is 18.2. The van der Waals surface area contributed by atoms with Crippen LogP contribution >= 0.6 is 0 Å². The maximum Gasteiger partial charge on any atom is 0.276 e. The van der Waals surface area contributed by atoms with Gasteiger partial charge in [-0.15, -0.1) is 0 Å². The fourth-order valence-electron chi connectivity index (χ4n) is 5.22. The van der Waals surface area contributed by atoms with Gasteiger partial charge in [0.1, 0.15) is 0 Å². The van der Waals surface area contributed by atoms with Crippen molar-refractivity contribution in [2.75, 3.05) is 13.1 Å². The molecule has 1 atom stereocenters. The summed E-state index contributed by atoms with van der Waals surface area (Å²) in [6, 6.07) is 16.7. The monoisotopic (exact) mass is 429 g/mol. The number of unbranched alkanes of at least 4 members (excludes halogenated alkanes) is 1. The average Bonchev–Trinajstić information content (AvgIpc) is 2.98. The molecule has 3 aromatic rings. The minimum Gasteiger partial charge on any atom is -0.502 e. The Morgan fingerprint density at radius 2 is 1.62 bits per heavy atom. The highest BCUT2D eigenvalue weighted by Crippen LogP contribution is 2.43. The van der Waals surface area contributed by atoms with E-state index in [2.05, 4.69) is 60.6 Å². The van der Waals surface area contributed by atoms with E-state index in [9.17, 15) is 14.7 Å². The van der Waals surface area contributed by atoms with E-state index in [0.29, 0.717) is 13.1 Å². The highest BCUT2D eigenvalue weighted by Gasteiger charge is 2.41. The minimum atomic E-state index is -0.623. The summed E-state index contributed by atoms with van der Waals surface area (Å²) >= 11 is 0. The van der Waals surface area contributed by atoms with Gasteiger partial charge in [0, 0.05) is 19.0 Å². The van der Waals surface area contributed by atoms with E-state index in [0.717, 1.165) is 31.9 Å². The first-order valence-corrected chi connectivity index (χ1v) is 11.4. The largest absolute Gasteiger partial charge is 0.502 e. The number of aromatic hydroxyl groups is 1. The maximum atomic E-state index is 13.2. The Labute approximate surface area is 187 Å². The fraction of sp³-hybridized carbons (Fsp3) is 0.346. The summed E-state index contributed by atoms with van der Waals surface area (Å²) in [4.78, 5) is 27.2. The first-order valence-electron chi connectivity index (χ1n) is 11.4. The van der Waals surface area contributed by atoms with Crippen molar-refractivity contribution < 1.29 is 9.90 Å². The van der Waals surface area contributed by atoms with Crippen LogP contribution in [-0.2, 0) is 12.8 Å². The molecule has 0 spiro atoms. The van der Waals surface area contributed by atoms with Crippen LogP contribution in [0.15, 0.2) is 59.5 Å². The summed E-state index contributed by atoms with van der Waals surface area (Å²) in [6.45, 7) is 3.15. The van der Waals surface area contributed by atoms with Gasteiger partial charge in [-0.3, -0.25) is 14.3 Å². The van der Waals surface area contributed by atoms with E-state index in [1.165, 1.54) is 22.3 Å². The smallest absolute Gasteiger partial charge is 0.276 e. The molecule has 1 aliphatic carbocycles. The standard InChI is InChI=1S/C26H27N3O3/c1-2-3-14-28-16-21(29-24(26(28)32)25(31)22(30)15-27-29)23-19-10-6-4-8-17(19)12-13-18-9-5-7-11-20(18)23/h4-11,15,21,23,31H,2-3,12-14,16H2,1H3. The second kappa shape index (κ2) is 8.26. The second-order valence-electron chi connectivity index (χ2n) is 8.70. The Bertz CT molecular complexity index is 1190. The highest BCUT2D eigenvalue weighted by molar-refractivity contribution is 5.95. The third kappa shape index (κ3) is 3.30. The molecule has 0 fully saturated rings. The van der Waals surface area contributed by atoms with E-state index in [1.54, 1.807) is 9.58 Å². The molecule has 1 N–H and O–H groups in total. The molecule has 32 heavy (non-hydrogen) atoms. The number of carbonyl (C=O) groups is 1. The normalized spacial score (nSPS) is 18.0. The highest BCUT2D eigenvalue weighted by atomic mass is 16.3. The Balaban J connectivity index is 1.74. The van der Waals surface area contributed by atoms with Gasteiger partial charge >= 0.3 is 0 Å². The van der Waals surface area contributed by atoms with E-state index >= 15 is 0 Å². The minimum absolute atomic E-state index is 0.00376. The topological polar surface area (TPSA) is 75.4 Å². The van der Waals surface area contributed by atoms with Crippen molar-refractivity contribution in [2.24, 2.45) is 0 Å². The molecule has 2 heterocycles. The number of fused-ring (bicyclic) bond motifs is 3. The number of aryl methyl sites for hydroxylation is 2. The van der Waals surface area contributed by atoms with Gasteiger partial charge < -0.3 is 10.0 Å². The first kappa shape index (κ1) is 20.5. The lowest BCUT2D eigenvalue weighted by Gasteiger charge is -2.39. The van der Waals surface area contributed by atoms with Gasteiger partial charge in [-0.1, -0.05) is 61.9 Å². The summed E-state index contributed by atoms with van der Waals surface area (Å²) < 4.78 is 1.60. The third-order valence-corrected chi connectivity index (χ3v) is 6.81. The number of hydrogen-bond donors (Lipinski definition) is 1. The molecule has 6 heteroatoms. The molecule has 0 saturated carbocycles. The molecule has 1 aliphatic heterocycles. The second-order valence-corrected chi connectivity index (χ2v) is 8.70. The lowest BCUT2D eigenvalue weighted by atomic mass is 9.81. The van der Waals surface area contributed by atoms with Crippen molar-refractivity contribution in [3.05, 3.63) is 92.9 Å². The van der Waals surface area contributed by atoms with Crippen molar-refractivity contribution in [1.82, 2.24) is 14.7 Å². The zero-order valence-electron chi connectivity index (χ0n) is 18.2. The Morgan fingerprint density at radius 3 is 2.25 bits per heavy atom. The molecule has 1 amide bonds. The van der Waals surface area contributed by atoms with Gasteiger partial charge in [0.05, 0.1) is 12.2 Å². The molecule has 164 valence electrons. The molecule has 1 aromatic heterocycles. The number of amides is 1. The molecule has 2 aromatic carbocycles. The molecule has 5 rings (SSSR count). The summed E-state index contributed by atoms with van der Waals surface area (Å²) in [6.07, 6.45) is 4.83. The van der Waals surface area contributed by atoms with Crippen molar-refractivity contribution in [1.29, 1.82) is 0 Å². The van der Waals surface area contributed by atoms with Crippen LogP contribution in [0.1, 0.15) is 64.5 Å². The number of benzene rings is 2. The van der Waals surface area contributed by atoms with Crippen LogP contribution in [0.3, 0.4) is 0 Å². The molecule has 0 bridgehead atoms. The predicted molar refractivity (Wildman–Crippen MR) is 122 cm³/mol. The Kier molecular flexibility index (Phi) is 5.29. The van der Waals surface area contributed by atoms with E-state index in [1.807, 2.05) is 0 Å². The van der Waals surface area contributed by atoms with Crippen LogP contribution in [0.4, 0.5) is 0 Å². The molecular weight excluding hydrogens is 402 g/mol. The van der Waals surface area contributed by atoms with Crippen molar-refractivity contribution in [3.63, 3.8) is 0 Å². The van der Waals surface area contributed by atoms with Crippen LogP contribution in [-0.4, -0.2) is 38.8 Å². The van der Waals surface area contributed by atoms with E-state index in [-0.39, 0.29) is 23.6 Å². The van der Waals surface area contributed by atoms with Crippen LogP contribution in [0.2, 0.25) is 0 Å². The van der Waals surface area contributed by atoms with Gasteiger partial charge in [-0.05, 0) is 41.5 Å². The number of carbonyl (C=O) groups excluding carboxylic acids is 1. The third-order valence-electron chi connectivity index (χ3n) is 6.81. The van der Waals surface area contributed by atoms with Gasteiger partial charge in [-0.25, -0.2) is 0 Å². The molecule has 0 saturated heterocycles. The zero-order chi connectivity index (χ0) is 22.2. The molecule has 2 aliphatic rings. The summed E-state index contributed by atoms with van der Waals surface area (Å²) in [5, 5.41) is 15.0. The summed E-state index contributed by atoms with van der Waals surface area (Å²) in [5.41, 5.74) is 4.40. The number of hydrogen-bond acceptors (Lipinski definition) is 4. The fourth-order valence-corrected chi connectivity index (χ4v) is 5.22.